The maximum Gasteiger partial charge on any atom is 0.235 e. The topological polar surface area (TPSA) is 84.5 Å². The van der Waals surface area contributed by atoms with E-state index in [2.05, 4.69) is 28.2 Å². The zero-order valence-electron chi connectivity index (χ0n) is 18.2. The van der Waals surface area contributed by atoms with Crippen LogP contribution in [-0.4, -0.2) is 33.8 Å². The number of halogens is 1. The molecule has 164 valence electrons. The molecule has 0 radical (unpaired) electrons. The number of nitrogens with two attached hydrogens (primary N) is 1. The lowest BCUT2D eigenvalue weighted by molar-refractivity contribution is -0.135. The van der Waals surface area contributed by atoms with Crippen molar-refractivity contribution in [2.24, 2.45) is 28.5 Å². The average Bonchev–Trinajstić information content (AvgIpc) is 3.64. The van der Waals surface area contributed by atoms with Gasteiger partial charge in [-0.2, -0.15) is 4.39 Å². The molecule has 0 bridgehead atoms. The second kappa shape index (κ2) is 7.65. The van der Waals surface area contributed by atoms with Crippen molar-refractivity contribution in [2.45, 2.75) is 31.7 Å². The molecule has 2 aliphatic carbocycles. The zero-order chi connectivity index (χ0) is 22.5. The highest BCUT2D eigenvalue weighted by atomic mass is 19.1. The summed E-state index contributed by atoms with van der Waals surface area (Å²) in [6.07, 6.45) is 12.9. The first-order chi connectivity index (χ1) is 15.4. The number of pyridine rings is 2. The largest absolute Gasteiger partial charge is 0.369 e. The van der Waals surface area contributed by atoms with Gasteiger partial charge in [0.15, 0.2) is 5.96 Å². The summed E-state index contributed by atoms with van der Waals surface area (Å²) in [4.78, 5) is 28.0. The summed E-state index contributed by atoms with van der Waals surface area (Å²) in [6.45, 7) is 1.90. The van der Waals surface area contributed by atoms with Crippen LogP contribution >= 0.6 is 0 Å². The zero-order valence-corrected chi connectivity index (χ0v) is 18.2. The molecule has 3 atom stereocenters. The number of hydrogen-bond donors (Lipinski definition) is 1. The van der Waals surface area contributed by atoms with E-state index in [0.717, 1.165) is 6.42 Å². The molecule has 6 nitrogen and oxygen atoms in total. The summed E-state index contributed by atoms with van der Waals surface area (Å²) in [7, 11) is 1.65. The summed E-state index contributed by atoms with van der Waals surface area (Å²) >= 11 is 0. The highest BCUT2D eigenvalue weighted by molar-refractivity contribution is 6.00. The minimum atomic E-state index is -0.984. The number of hydrogen-bond acceptors (Lipinski definition) is 5. The van der Waals surface area contributed by atoms with E-state index >= 15 is 0 Å². The Bertz CT molecular complexity index is 1170. The van der Waals surface area contributed by atoms with Gasteiger partial charge in [0.2, 0.25) is 11.9 Å². The number of rotatable bonds is 4. The van der Waals surface area contributed by atoms with Crippen LogP contribution in [0.2, 0.25) is 0 Å². The van der Waals surface area contributed by atoms with E-state index < -0.39 is 17.4 Å². The van der Waals surface area contributed by atoms with E-state index in [0.29, 0.717) is 22.7 Å². The highest BCUT2D eigenvalue weighted by Gasteiger charge is 2.50. The Balaban J connectivity index is 1.57. The maximum absolute atomic E-state index is 14.3. The van der Waals surface area contributed by atoms with Gasteiger partial charge in [-0.3, -0.25) is 14.7 Å². The minimum absolute atomic E-state index is 0.0325. The number of carbonyl (C=O) groups excluding carboxylic acids is 1. The SMILES string of the molecule is CN1C(=O)[C@@H]([C@H]2C=CC(C3CC3)=CC2)[C@@](C)(c2cc(-c3cccnc3F)ccn2)N=C1N. The fourth-order valence-corrected chi connectivity index (χ4v) is 4.86. The summed E-state index contributed by atoms with van der Waals surface area (Å²) in [5.74, 6) is -0.323. The average molecular weight is 432 g/mol. The Hall–Kier alpha value is -3.35. The third-order valence-electron chi connectivity index (χ3n) is 6.88. The molecule has 7 heteroatoms. The van der Waals surface area contributed by atoms with Crippen LogP contribution in [0.4, 0.5) is 4.39 Å². The molecule has 1 aliphatic heterocycles. The van der Waals surface area contributed by atoms with Crippen LogP contribution in [0.3, 0.4) is 0 Å². The van der Waals surface area contributed by atoms with Gasteiger partial charge in [-0.15, -0.1) is 0 Å². The van der Waals surface area contributed by atoms with Gasteiger partial charge in [0.1, 0.15) is 5.54 Å². The monoisotopic (exact) mass is 431 g/mol. The van der Waals surface area contributed by atoms with Crippen molar-refractivity contribution in [3.05, 3.63) is 72.1 Å². The number of allylic oxidation sites excluding steroid dienone is 4. The van der Waals surface area contributed by atoms with Crippen LogP contribution in [-0.2, 0) is 10.3 Å². The molecular weight excluding hydrogens is 405 g/mol. The number of carbonyl (C=O) groups is 1. The molecule has 0 unspecified atom stereocenters. The lowest BCUT2D eigenvalue weighted by Crippen LogP contribution is -2.56. The smallest absolute Gasteiger partial charge is 0.235 e. The number of amides is 1. The molecule has 2 aromatic heterocycles. The van der Waals surface area contributed by atoms with Crippen LogP contribution in [0.1, 0.15) is 31.9 Å². The predicted octanol–water partition coefficient (Wildman–Crippen LogP) is 3.81. The first-order valence-corrected chi connectivity index (χ1v) is 11.0. The first-order valence-electron chi connectivity index (χ1n) is 11.0. The van der Waals surface area contributed by atoms with E-state index in [1.165, 1.54) is 29.5 Å². The number of aromatic nitrogens is 2. The van der Waals surface area contributed by atoms with Gasteiger partial charge in [0.05, 0.1) is 11.6 Å². The Morgan fingerprint density at radius 2 is 2.03 bits per heavy atom. The van der Waals surface area contributed by atoms with Crippen LogP contribution in [0.5, 0.6) is 0 Å². The Morgan fingerprint density at radius 1 is 1.22 bits per heavy atom. The van der Waals surface area contributed by atoms with Gasteiger partial charge in [-0.25, -0.2) is 9.98 Å². The van der Waals surface area contributed by atoms with Crippen molar-refractivity contribution in [1.82, 2.24) is 14.9 Å². The molecule has 3 heterocycles. The van der Waals surface area contributed by atoms with Crippen LogP contribution in [0, 0.1) is 23.7 Å². The second-order valence-corrected chi connectivity index (χ2v) is 9.00. The molecule has 1 fully saturated rings. The van der Waals surface area contributed by atoms with E-state index in [4.69, 9.17) is 10.7 Å². The van der Waals surface area contributed by atoms with E-state index in [1.54, 1.807) is 37.5 Å². The van der Waals surface area contributed by atoms with Gasteiger partial charge in [-0.1, -0.05) is 18.2 Å². The fourth-order valence-electron chi connectivity index (χ4n) is 4.86. The third kappa shape index (κ3) is 3.42. The van der Waals surface area contributed by atoms with Gasteiger partial charge in [-0.05, 0) is 73.4 Å². The normalized spacial score (nSPS) is 27.8. The number of aliphatic imine (C=N–C) groups is 1. The molecule has 0 saturated heterocycles. The van der Waals surface area contributed by atoms with E-state index in [9.17, 15) is 9.18 Å². The Morgan fingerprint density at radius 3 is 2.72 bits per heavy atom. The minimum Gasteiger partial charge on any atom is -0.369 e. The molecule has 2 aromatic rings. The third-order valence-corrected chi connectivity index (χ3v) is 6.88. The van der Waals surface area contributed by atoms with Gasteiger partial charge >= 0.3 is 0 Å². The van der Waals surface area contributed by atoms with Crippen molar-refractivity contribution in [2.75, 3.05) is 7.05 Å². The van der Waals surface area contributed by atoms with Gasteiger partial charge in [0, 0.05) is 25.0 Å². The quantitative estimate of drug-likeness (QED) is 0.746. The molecule has 5 rings (SSSR count). The fraction of sp³-hybridized carbons (Fsp3) is 0.360. The summed E-state index contributed by atoms with van der Waals surface area (Å²) < 4.78 is 14.3. The van der Waals surface area contributed by atoms with Gasteiger partial charge in [0.25, 0.3) is 0 Å². The van der Waals surface area contributed by atoms with Crippen molar-refractivity contribution < 1.29 is 9.18 Å². The van der Waals surface area contributed by atoms with Crippen LogP contribution in [0.25, 0.3) is 11.1 Å². The van der Waals surface area contributed by atoms with Crippen molar-refractivity contribution in [1.29, 1.82) is 0 Å². The van der Waals surface area contributed by atoms with Gasteiger partial charge < -0.3 is 5.73 Å². The highest BCUT2D eigenvalue weighted by Crippen LogP contribution is 2.46. The molecule has 0 aromatic carbocycles. The van der Waals surface area contributed by atoms with Crippen LogP contribution < -0.4 is 5.73 Å². The lowest BCUT2D eigenvalue weighted by Gasteiger charge is -2.43. The molecule has 32 heavy (non-hydrogen) atoms. The molecule has 0 spiro atoms. The second-order valence-electron chi connectivity index (χ2n) is 9.00. The molecule has 1 saturated carbocycles. The summed E-state index contributed by atoms with van der Waals surface area (Å²) in [6, 6.07) is 6.89. The van der Waals surface area contributed by atoms with Crippen LogP contribution in [0.15, 0.2) is 65.5 Å². The van der Waals surface area contributed by atoms with Crippen molar-refractivity contribution in [3.8, 4) is 11.1 Å². The Kier molecular flexibility index (Phi) is 4.92. The summed E-state index contributed by atoms with van der Waals surface area (Å²) in [5, 5.41) is 0. The van der Waals surface area contributed by atoms with E-state index in [-0.39, 0.29) is 17.8 Å². The standard InChI is InChI=1S/C25H26FN5O/c1-25(20-14-18(11-13-28-20)19-4-3-12-29-22(19)26)21(23(32)31(2)24(27)30-25)17-9-7-16(8-10-17)15-5-6-15/h3-4,7-9,11-15,17,21H,5-6,10H2,1-2H3,(H2,27,30)/t17-,21+,25+/m0/s1. The molecule has 1 amide bonds. The van der Waals surface area contributed by atoms with E-state index in [1.807, 2.05) is 6.92 Å². The number of guanidine groups is 1. The number of nitrogens with zero attached hydrogens (tertiary/aromatic N) is 4. The van der Waals surface area contributed by atoms with Crippen molar-refractivity contribution >= 4 is 11.9 Å². The maximum atomic E-state index is 14.3. The summed E-state index contributed by atoms with van der Waals surface area (Å²) in [5.41, 5.74) is 8.12. The molecule has 2 N–H and O–H groups in total. The van der Waals surface area contributed by atoms with Crippen molar-refractivity contribution in [3.63, 3.8) is 0 Å². The molecular formula is C25H26FN5O. The first kappa shape index (κ1) is 20.5. The Labute approximate surface area is 186 Å². The molecule has 3 aliphatic rings. The lowest BCUT2D eigenvalue weighted by atomic mass is 9.70. The predicted molar refractivity (Wildman–Crippen MR) is 121 cm³/mol.